The summed E-state index contributed by atoms with van der Waals surface area (Å²) in [5.41, 5.74) is 8.28. The zero-order chi connectivity index (χ0) is 10.8. The number of benzene rings is 1. The second-order valence-electron chi connectivity index (χ2n) is 3.54. The van der Waals surface area contributed by atoms with E-state index in [-0.39, 0.29) is 6.42 Å². The van der Waals surface area contributed by atoms with E-state index in [0.29, 0.717) is 12.1 Å². The van der Waals surface area contributed by atoms with Gasteiger partial charge < -0.3 is 15.8 Å². The summed E-state index contributed by atoms with van der Waals surface area (Å²) in [6, 6.07) is 7.53. The molecule has 4 nitrogen and oxygen atoms in total. The van der Waals surface area contributed by atoms with Crippen molar-refractivity contribution in [3.63, 3.8) is 0 Å². The highest BCUT2D eigenvalue weighted by Crippen LogP contribution is 2.18. The Morgan fingerprint density at radius 2 is 2.20 bits per heavy atom. The predicted molar refractivity (Wildman–Crippen MR) is 58.7 cm³/mol. The number of nitrogens with one attached hydrogen (secondary N) is 1. The van der Waals surface area contributed by atoms with Crippen molar-refractivity contribution < 1.29 is 9.90 Å². The minimum absolute atomic E-state index is 0.141. The molecule has 15 heavy (non-hydrogen) atoms. The second kappa shape index (κ2) is 3.65. The quantitative estimate of drug-likeness (QED) is 0.666. The maximum Gasteiger partial charge on any atom is 0.303 e. The number of carboxylic acids is 1. The molecule has 0 saturated carbocycles. The van der Waals surface area contributed by atoms with Gasteiger partial charge in [-0.1, -0.05) is 0 Å². The van der Waals surface area contributed by atoms with Crippen LogP contribution in [0.3, 0.4) is 0 Å². The summed E-state index contributed by atoms with van der Waals surface area (Å²) in [5.74, 6) is -0.784. The molecule has 0 amide bonds. The van der Waals surface area contributed by atoms with Gasteiger partial charge in [-0.2, -0.15) is 0 Å². The first-order valence-corrected chi connectivity index (χ1v) is 4.74. The summed E-state index contributed by atoms with van der Waals surface area (Å²) < 4.78 is 0. The fraction of sp³-hybridized carbons (Fsp3) is 0.182. The molecule has 2 rings (SSSR count). The molecule has 1 aromatic heterocycles. The van der Waals surface area contributed by atoms with Crippen LogP contribution < -0.4 is 5.73 Å². The molecule has 0 spiro atoms. The molecule has 0 fully saturated rings. The lowest BCUT2D eigenvalue weighted by molar-refractivity contribution is -0.136. The lowest BCUT2D eigenvalue weighted by Crippen LogP contribution is -1.97. The maximum atomic E-state index is 10.4. The van der Waals surface area contributed by atoms with Crippen LogP contribution in [0.5, 0.6) is 0 Å². The largest absolute Gasteiger partial charge is 0.481 e. The number of fused-ring (bicyclic) bond motifs is 1. The number of nitrogens with two attached hydrogens (primary N) is 1. The smallest absolute Gasteiger partial charge is 0.303 e. The Bertz CT molecular complexity index is 502. The van der Waals surface area contributed by atoms with E-state index in [4.69, 9.17) is 10.8 Å². The van der Waals surface area contributed by atoms with Crippen molar-refractivity contribution >= 4 is 22.6 Å². The fourth-order valence-electron chi connectivity index (χ4n) is 1.59. The zero-order valence-corrected chi connectivity index (χ0v) is 8.16. The van der Waals surface area contributed by atoms with E-state index in [9.17, 15) is 4.79 Å². The van der Waals surface area contributed by atoms with Crippen LogP contribution in [0.1, 0.15) is 12.1 Å². The first-order valence-electron chi connectivity index (χ1n) is 4.74. The second-order valence-corrected chi connectivity index (χ2v) is 3.54. The van der Waals surface area contributed by atoms with Gasteiger partial charge in [-0.05, 0) is 30.7 Å². The molecule has 1 heterocycles. The van der Waals surface area contributed by atoms with Gasteiger partial charge in [-0.25, -0.2) is 0 Å². The molecule has 0 aliphatic rings. The van der Waals surface area contributed by atoms with Gasteiger partial charge in [-0.15, -0.1) is 0 Å². The lowest BCUT2D eigenvalue weighted by atomic mass is 10.2. The van der Waals surface area contributed by atoms with E-state index in [1.54, 1.807) is 0 Å². The van der Waals surface area contributed by atoms with Crippen LogP contribution >= 0.6 is 0 Å². The van der Waals surface area contributed by atoms with Crippen molar-refractivity contribution in [3.05, 3.63) is 30.0 Å². The number of aryl methyl sites for hydroxylation is 1. The Kier molecular flexibility index (Phi) is 2.33. The normalized spacial score (nSPS) is 10.7. The van der Waals surface area contributed by atoms with E-state index in [1.165, 1.54) is 0 Å². The number of aliphatic carboxylic acids is 1. The highest BCUT2D eigenvalue weighted by molar-refractivity contribution is 5.83. The fourth-order valence-corrected chi connectivity index (χ4v) is 1.59. The Morgan fingerprint density at radius 1 is 1.40 bits per heavy atom. The molecule has 0 saturated heterocycles. The summed E-state index contributed by atoms with van der Waals surface area (Å²) in [6.07, 6.45) is 0.659. The average Bonchev–Trinajstić information content (AvgIpc) is 2.56. The topological polar surface area (TPSA) is 79.1 Å². The molecule has 0 atom stereocenters. The summed E-state index contributed by atoms with van der Waals surface area (Å²) >= 11 is 0. The summed E-state index contributed by atoms with van der Waals surface area (Å²) in [4.78, 5) is 13.6. The Labute approximate surface area is 86.7 Å². The number of carbonyl (C=O) groups is 1. The lowest BCUT2D eigenvalue weighted by Gasteiger charge is -1.92. The van der Waals surface area contributed by atoms with Crippen molar-refractivity contribution in [2.75, 3.05) is 5.73 Å². The number of hydrogen-bond donors (Lipinski definition) is 3. The molecule has 2 aromatic rings. The number of carboxylic acid groups (broad SMARTS) is 1. The van der Waals surface area contributed by atoms with E-state index >= 15 is 0 Å². The molecule has 0 aliphatic carbocycles. The minimum Gasteiger partial charge on any atom is -0.481 e. The summed E-state index contributed by atoms with van der Waals surface area (Å²) in [7, 11) is 0. The van der Waals surface area contributed by atoms with Crippen LogP contribution in [-0.2, 0) is 11.2 Å². The first-order chi connectivity index (χ1) is 7.15. The molecule has 0 aliphatic heterocycles. The van der Waals surface area contributed by atoms with E-state index in [1.807, 2.05) is 24.3 Å². The van der Waals surface area contributed by atoms with Crippen LogP contribution in [0.25, 0.3) is 10.9 Å². The molecule has 4 heteroatoms. The van der Waals surface area contributed by atoms with Crippen LogP contribution in [0, 0.1) is 0 Å². The number of nitrogen functional groups attached to an aromatic ring is 1. The number of rotatable bonds is 3. The monoisotopic (exact) mass is 204 g/mol. The van der Waals surface area contributed by atoms with Crippen molar-refractivity contribution in [1.29, 1.82) is 0 Å². The summed E-state index contributed by atoms with van der Waals surface area (Å²) in [5, 5.41) is 9.58. The zero-order valence-electron chi connectivity index (χ0n) is 8.16. The number of H-pyrrole nitrogens is 1. The molecule has 1 aromatic carbocycles. The predicted octanol–water partition coefficient (Wildman–Crippen LogP) is 1.77. The van der Waals surface area contributed by atoms with Crippen molar-refractivity contribution in [2.45, 2.75) is 12.8 Å². The minimum atomic E-state index is -0.784. The Balaban J connectivity index is 2.27. The Morgan fingerprint density at radius 3 is 2.93 bits per heavy atom. The molecular formula is C11H12N2O2. The van der Waals surface area contributed by atoms with Crippen LogP contribution in [0.2, 0.25) is 0 Å². The molecular weight excluding hydrogens is 192 g/mol. The van der Waals surface area contributed by atoms with Gasteiger partial charge in [0.05, 0.1) is 6.42 Å². The maximum absolute atomic E-state index is 10.4. The number of aromatic amines is 1. The SMILES string of the molecule is Nc1ccc2[nH]c(CCC(=O)O)cc2c1. The van der Waals surface area contributed by atoms with Crippen LogP contribution in [-0.4, -0.2) is 16.1 Å². The first kappa shape index (κ1) is 9.58. The van der Waals surface area contributed by atoms with E-state index < -0.39 is 5.97 Å². The number of hydrogen-bond acceptors (Lipinski definition) is 2. The molecule has 4 N–H and O–H groups in total. The van der Waals surface area contributed by atoms with Crippen molar-refractivity contribution in [2.24, 2.45) is 0 Å². The Hall–Kier alpha value is -1.97. The van der Waals surface area contributed by atoms with Gasteiger partial charge in [0.2, 0.25) is 0 Å². The molecule has 0 unspecified atom stereocenters. The van der Waals surface area contributed by atoms with Gasteiger partial charge in [0.1, 0.15) is 0 Å². The molecule has 78 valence electrons. The standard InChI is InChI=1S/C11H12N2O2/c12-8-1-3-10-7(5-8)6-9(13-10)2-4-11(14)15/h1,3,5-6,13H,2,4,12H2,(H,14,15). The van der Waals surface area contributed by atoms with Gasteiger partial charge in [0.25, 0.3) is 0 Å². The highest BCUT2D eigenvalue weighted by atomic mass is 16.4. The third-order valence-electron chi connectivity index (χ3n) is 2.31. The van der Waals surface area contributed by atoms with Crippen molar-refractivity contribution in [3.8, 4) is 0 Å². The highest BCUT2D eigenvalue weighted by Gasteiger charge is 2.03. The van der Waals surface area contributed by atoms with Gasteiger partial charge >= 0.3 is 5.97 Å². The third-order valence-corrected chi connectivity index (χ3v) is 2.31. The van der Waals surface area contributed by atoms with Crippen LogP contribution in [0.4, 0.5) is 5.69 Å². The van der Waals surface area contributed by atoms with Gasteiger partial charge in [-0.3, -0.25) is 4.79 Å². The van der Waals surface area contributed by atoms with E-state index in [2.05, 4.69) is 4.98 Å². The average molecular weight is 204 g/mol. The summed E-state index contributed by atoms with van der Waals surface area (Å²) in [6.45, 7) is 0. The van der Waals surface area contributed by atoms with Crippen molar-refractivity contribution in [1.82, 2.24) is 4.98 Å². The van der Waals surface area contributed by atoms with Gasteiger partial charge in [0.15, 0.2) is 0 Å². The van der Waals surface area contributed by atoms with E-state index in [0.717, 1.165) is 16.6 Å². The number of aromatic nitrogens is 1. The van der Waals surface area contributed by atoms with Gasteiger partial charge in [0, 0.05) is 22.3 Å². The molecule has 0 radical (unpaired) electrons. The van der Waals surface area contributed by atoms with Crippen LogP contribution in [0.15, 0.2) is 24.3 Å². The molecule has 0 bridgehead atoms. The number of anilines is 1. The third kappa shape index (κ3) is 2.10.